The van der Waals surface area contributed by atoms with Crippen LogP contribution in [-0.2, 0) is 8.85 Å². The van der Waals surface area contributed by atoms with E-state index in [1.807, 2.05) is 6.07 Å². The molecule has 0 atom stereocenters. The maximum Gasteiger partial charge on any atom is 0.372 e. The number of rotatable bonds is 12. The van der Waals surface area contributed by atoms with Gasteiger partial charge < -0.3 is 8.85 Å². The molecule has 0 saturated carbocycles. The molecule has 0 aliphatic carbocycles. The predicted octanol–water partition coefficient (Wildman–Crippen LogP) is 4.60. The van der Waals surface area contributed by atoms with Crippen LogP contribution in [0.15, 0.2) is 30.3 Å². The molecule has 1 aromatic rings. The summed E-state index contributed by atoms with van der Waals surface area (Å²) in [6, 6.07) is 11.4. The van der Waals surface area contributed by atoms with Crippen molar-refractivity contribution in [2.75, 3.05) is 19.1 Å². The number of hydrogen-bond donors (Lipinski definition) is 0. The monoisotopic (exact) mass is 328 g/mol. The van der Waals surface area contributed by atoms with Gasteiger partial charge in [-0.1, -0.05) is 57.0 Å². The summed E-state index contributed by atoms with van der Waals surface area (Å²) >= 11 is 5.93. The third-order valence-electron chi connectivity index (χ3n) is 3.52. The number of unbranched alkanes of at least 4 members (excludes halogenated alkanes) is 2. The van der Waals surface area contributed by atoms with Crippen LogP contribution in [0.25, 0.3) is 0 Å². The minimum atomic E-state index is -2.35. The second-order valence-corrected chi connectivity index (χ2v) is 8.85. The molecule has 0 bridgehead atoms. The lowest BCUT2D eigenvalue weighted by molar-refractivity contribution is 0.174. The predicted molar refractivity (Wildman–Crippen MR) is 93.7 cm³/mol. The van der Waals surface area contributed by atoms with Crippen LogP contribution >= 0.6 is 11.6 Å². The number of benzene rings is 1. The average Bonchev–Trinajstić information content (AvgIpc) is 2.53. The fourth-order valence-electron chi connectivity index (χ4n) is 2.25. The molecule has 0 amide bonds. The van der Waals surface area contributed by atoms with Crippen LogP contribution < -0.4 is 5.19 Å². The summed E-state index contributed by atoms with van der Waals surface area (Å²) in [5.41, 5.74) is 0. The van der Waals surface area contributed by atoms with E-state index in [9.17, 15) is 0 Å². The molecule has 0 radical (unpaired) electrons. The standard InChI is InChI=1S/C17H29ClO2Si/c1-3-5-14-19-21(16-10-13-18,20-15-6-4-2)17-11-8-7-9-12-17/h7-9,11-12H,3-6,10,13-16H2,1-2H3. The fourth-order valence-corrected chi connectivity index (χ4v) is 5.89. The second-order valence-electron chi connectivity index (χ2n) is 5.32. The summed E-state index contributed by atoms with van der Waals surface area (Å²) in [4.78, 5) is 0. The summed E-state index contributed by atoms with van der Waals surface area (Å²) < 4.78 is 12.7. The van der Waals surface area contributed by atoms with Crippen LogP contribution in [0, 0.1) is 0 Å². The van der Waals surface area contributed by atoms with E-state index < -0.39 is 8.56 Å². The van der Waals surface area contributed by atoms with Crippen molar-refractivity contribution in [3.05, 3.63) is 30.3 Å². The Labute approximate surface area is 136 Å². The average molecular weight is 329 g/mol. The van der Waals surface area contributed by atoms with E-state index in [2.05, 4.69) is 38.1 Å². The van der Waals surface area contributed by atoms with Crippen LogP contribution in [0.4, 0.5) is 0 Å². The van der Waals surface area contributed by atoms with Crippen molar-refractivity contribution in [3.8, 4) is 0 Å². The summed E-state index contributed by atoms with van der Waals surface area (Å²) in [6.07, 6.45) is 5.40. The van der Waals surface area contributed by atoms with Crippen LogP contribution in [0.5, 0.6) is 0 Å². The van der Waals surface area contributed by atoms with Gasteiger partial charge in [0.1, 0.15) is 0 Å². The highest BCUT2D eigenvalue weighted by Gasteiger charge is 2.39. The van der Waals surface area contributed by atoms with Crippen molar-refractivity contribution in [1.29, 1.82) is 0 Å². The van der Waals surface area contributed by atoms with Gasteiger partial charge >= 0.3 is 8.56 Å². The van der Waals surface area contributed by atoms with Gasteiger partial charge in [-0.15, -0.1) is 11.6 Å². The zero-order valence-corrected chi connectivity index (χ0v) is 15.2. The molecule has 0 aliphatic heterocycles. The lowest BCUT2D eigenvalue weighted by atomic mass is 10.4. The molecule has 1 rings (SSSR count). The number of halogens is 1. The molecule has 0 unspecified atom stereocenters. The van der Waals surface area contributed by atoms with Crippen LogP contribution in [0.3, 0.4) is 0 Å². The van der Waals surface area contributed by atoms with Crippen molar-refractivity contribution >= 4 is 25.3 Å². The first-order valence-corrected chi connectivity index (χ1v) is 10.7. The van der Waals surface area contributed by atoms with E-state index in [0.29, 0.717) is 5.88 Å². The van der Waals surface area contributed by atoms with Crippen LogP contribution in [-0.4, -0.2) is 27.7 Å². The highest BCUT2D eigenvalue weighted by molar-refractivity contribution is 6.81. The highest BCUT2D eigenvalue weighted by Crippen LogP contribution is 2.19. The first-order chi connectivity index (χ1) is 10.3. The molecule has 0 fully saturated rings. The molecule has 0 aromatic heterocycles. The van der Waals surface area contributed by atoms with E-state index in [4.69, 9.17) is 20.5 Å². The Bertz CT molecular complexity index is 349. The molecule has 0 aliphatic rings. The van der Waals surface area contributed by atoms with Gasteiger partial charge in [0.25, 0.3) is 0 Å². The first-order valence-electron chi connectivity index (χ1n) is 8.18. The molecule has 120 valence electrons. The van der Waals surface area contributed by atoms with E-state index in [1.54, 1.807) is 0 Å². The smallest absolute Gasteiger partial charge is 0.372 e. The zero-order valence-electron chi connectivity index (χ0n) is 13.4. The molecule has 0 spiro atoms. The molecule has 0 saturated heterocycles. The Balaban J connectivity index is 2.89. The van der Waals surface area contributed by atoms with Crippen molar-refractivity contribution in [1.82, 2.24) is 0 Å². The van der Waals surface area contributed by atoms with Gasteiger partial charge in [-0.3, -0.25) is 0 Å². The third-order valence-corrected chi connectivity index (χ3v) is 7.35. The summed E-state index contributed by atoms with van der Waals surface area (Å²) in [5, 5.41) is 1.24. The molecule has 4 heteroatoms. The normalized spacial score (nSPS) is 11.8. The molecular formula is C17H29ClO2Si. The number of alkyl halides is 1. The molecule has 1 aromatic carbocycles. The van der Waals surface area contributed by atoms with E-state index in [1.165, 1.54) is 5.19 Å². The van der Waals surface area contributed by atoms with Gasteiger partial charge in [0.2, 0.25) is 0 Å². The Morgan fingerprint density at radius 3 is 1.95 bits per heavy atom. The molecule has 2 nitrogen and oxygen atoms in total. The van der Waals surface area contributed by atoms with Gasteiger partial charge in [0, 0.05) is 19.1 Å². The number of hydrogen-bond acceptors (Lipinski definition) is 2. The molecule has 0 heterocycles. The van der Waals surface area contributed by atoms with Gasteiger partial charge in [-0.05, 0) is 30.5 Å². The van der Waals surface area contributed by atoms with Crippen molar-refractivity contribution < 1.29 is 8.85 Å². The van der Waals surface area contributed by atoms with Crippen molar-refractivity contribution in [2.24, 2.45) is 0 Å². The summed E-state index contributed by atoms with van der Waals surface area (Å²) in [6.45, 7) is 5.94. The highest BCUT2D eigenvalue weighted by atomic mass is 35.5. The largest absolute Gasteiger partial charge is 0.391 e. The van der Waals surface area contributed by atoms with Gasteiger partial charge in [-0.2, -0.15) is 0 Å². The second kappa shape index (κ2) is 11.2. The maximum atomic E-state index is 6.36. The maximum absolute atomic E-state index is 6.36. The quantitative estimate of drug-likeness (QED) is 0.317. The topological polar surface area (TPSA) is 18.5 Å². The first kappa shape index (κ1) is 18.7. The Morgan fingerprint density at radius 2 is 1.48 bits per heavy atom. The van der Waals surface area contributed by atoms with Gasteiger partial charge in [0.15, 0.2) is 0 Å². The minimum Gasteiger partial charge on any atom is -0.391 e. The van der Waals surface area contributed by atoms with E-state index >= 15 is 0 Å². The summed E-state index contributed by atoms with van der Waals surface area (Å²) in [7, 11) is -2.35. The van der Waals surface area contributed by atoms with Crippen molar-refractivity contribution in [2.45, 2.75) is 52.0 Å². The van der Waals surface area contributed by atoms with E-state index in [0.717, 1.165) is 51.4 Å². The SMILES string of the molecule is CCCCO[Si](CCCCl)(OCCCC)c1ccccc1. The molecular weight excluding hydrogens is 300 g/mol. The fraction of sp³-hybridized carbons (Fsp3) is 0.647. The summed E-state index contributed by atoms with van der Waals surface area (Å²) in [5.74, 6) is 0.663. The third kappa shape index (κ3) is 6.51. The van der Waals surface area contributed by atoms with Gasteiger partial charge in [-0.25, -0.2) is 0 Å². The van der Waals surface area contributed by atoms with E-state index in [-0.39, 0.29) is 0 Å². The lowest BCUT2D eigenvalue weighted by Crippen LogP contribution is -2.54. The van der Waals surface area contributed by atoms with Gasteiger partial charge in [0.05, 0.1) is 0 Å². The molecule has 21 heavy (non-hydrogen) atoms. The van der Waals surface area contributed by atoms with Crippen LogP contribution in [0.1, 0.15) is 46.0 Å². The zero-order chi connectivity index (χ0) is 15.4. The minimum absolute atomic E-state index is 0.663. The Morgan fingerprint density at radius 1 is 0.905 bits per heavy atom. The Kier molecular flexibility index (Phi) is 10.0. The lowest BCUT2D eigenvalue weighted by Gasteiger charge is -2.31. The van der Waals surface area contributed by atoms with Crippen molar-refractivity contribution in [3.63, 3.8) is 0 Å². The van der Waals surface area contributed by atoms with Crippen LogP contribution in [0.2, 0.25) is 6.04 Å². The molecule has 0 N–H and O–H groups in total. The Hall–Kier alpha value is -0.353.